The fourth-order valence-electron chi connectivity index (χ4n) is 3.81. The van der Waals surface area contributed by atoms with Crippen LogP contribution in [0.15, 0.2) is 46.2 Å². The number of benzene rings is 1. The van der Waals surface area contributed by atoms with E-state index in [9.17, 15) is 4.79 Å². The maximum absolute atomic E-state index is 11.9. The number of pyridine rings is 1. The monoisotopic (exact) mass is 568 g/mol. The molecule has 1 fully saturated rings. The molecule has 0 radical (unpaired) electrons. The summed E-state index contributed by atoms with van der Waals surface area (Å²) in [7, 11) is 1.77. The molecule has 8 heteroatoms. The molecule has 2 aromatic rings. The fourth-order valence-corrected chi connectivity index (χ4v) is 3.81. The molecule has 1 atom stereocenters. The third kappa shape index (κ3) is 8.66. The number of aromatic nitrogens is 1. The summed E-state index contributed by atoms with van der Waals surface area (Å²) >= 11 is 0. The number of aliphatic imine (C=N–C) groups is 1. The predicted octanol–water partition coefficient (Wildman–Crippen LogP) is 3.79. The molecule has 2 heterocycles. The highest BCUT2D eigenvalue weighted by atomic mass is 127. The van der Waals surface area contributed by atoms with Crippen LogP contribution in [0.2, 0.25) is 0 Å². The molecular weight excluding hydrogens is 531 g/mol. The largest absolute Gasteiger partial charge is 0.491 e. The Balaban J connectivity index is 0.00000385. The van der Waals surface area contributed by atoms with Gasteiger partial charge in [-0.1, -0.05) is 18.2 Å². The van der Waals surface area contributed by atoms with Gasteiger partial charge in [0.1, 0.15) is 12.4 Å². The molecule has 0 bridgehead atoms. The van der Waals surface area contributed by atoms with E-state index in [1.165, 1.54) is 5.56 Å². The normalized spacial score (nSPS) is 15.7. The van der Waals surface area contributed by atoms with Gasteiger partial charge >= 0.3 is 0 Å². The van der Waals surface area contributed by atoms with Gasteiger partial charge in [0.15, 0.2) is 5.96 Å². The van der Waals surface area contributed by atoms with Crippen molar-refractivity contribution in [3.8, 4) is 5.75 Å². The number of halogens is 1. The summed E-state index contributed by atoms with van der Waals surface area (Å²) in [6.45, 7) is 7.61. The van der Waals surface area contributed by atoms with Crippen molar-refractivity contribution < 1.29 is 9.47 Å². The summed E-state index contributed by atoms with van der Waals surface area (Å²) in [5.74, 6) is 1.65. The van der Waals surface area contributed by atoms with E-state index in [1.54, 1.807) is 19.2 Å². The van der Waals surface area contributed by atoms with Crippen LogP contribution in [0.1, 0.15) is 42.5 Å². The molecule has 1 unspecified atom stereocenters. The maximum Gasteiger partial charge on any atom is 0.250 e. The average Bonchev–Trinajstić information content (AvgIpc) is 3.30. The number of hydrogen-bond donors (Lipinski definition) is 2. The zero-order chi connectivity index (χ0) is 22.8. The van der Waals surface area contributed by atoms with Gasteiger partial charge in [0, 0.05) is 50.6 Å². The number of rotatable bonds is 10. The minimum absolute atomic E-state index is 0. The second-order valence-electron chi connectivity index (χ2n) is 8.27. The molecule has 2 N–H and O–H groups in total. The molecule has 1 aromatic carbocycles. The van der Waals surface area contributed by atoms with E-state index in [0.29, 0.717) is 13.2 Å². The zero-order valence-electron chi connectivity index (χ0n) is 19.9. The van der Waals surface area contributed by atoms with Crippen LogP contribution in [0.5, 0.6) is 5.75 Å². The lowest BCUT2D eigenvalue weighted by molar-refractivity contribution is 0.0676. The van der Waals surface area contributed by atoms with Crippen LogP contribution in [0.4, 0.5) is 0 Å². The Morgan fingerprint density at radius 3 is 2.79 bits per heavy atom. The molecule has 0 spiro atoms. The maximum atomic E-state index is 11.9. The summed E-state index contributed by atoms with van der Waals surface area (Å²) in [5.41, 5.74) is 3.33. The Bertz CT molecular complexity index is 955. The van der Waals surface area contributed by atoms with Gasteiger partial charge in [0.05, 0.1) is 6.10 Å². The second kappa shape index (κ2) is 14.2. The second-order valence-corrected chi connectivity index (χ2v) is 8.27. The van der Waals surface area contributed by atoms with Crippen LogP contribution < -0.4 is 20.9 Å². The molecule has 7 nitrogen and oxygen atoms in total. The van der Waals surface area contributed by atoms with E-state index in [-0.39, 0.29) is 35.6 Å². The Morgan fingerprint density at radius 1 is 1.21 bits per heavy atom. The number of guanidine groups is 1. The standard InChI is InChI=1S/C25H36N4O3.HI/c1-19-11-12-21(23(16-19)32-18-22-9-7-15-31-22)17-28-25(26-3)27-13-4-5-14-29-20(2)8-6-10-24(29)30;/h6,8,10-12,16,22H,4-5,7,9,13-15,17-18H2,1-3H3,(H2,26,27,28);1H. The highest BCUT2D eigenvalue weighted by Crippen LogP contribution is 2.22. The molecule has 0 aliphatic carbocycles. The topological polar surface area (TPSA) is 76.9 Å². The molecule has 1 aliphatic heterocycles. The minimum atomic E-state index is 0. The molecule has 1 saturated heterocycles. The van der Waals surface area contributed by atoms with Gasteiger partial charge in [0.25, 0.3) is 5.56 Å². The number of nitrogens with one attached hydrogen (secondary N) is 2. The predicted molar refractivity (Wildman–Crippen MR) is 144 cm³/mol. The van der Waals surface area contributed by atoms with E-state index in [0.717, 1.165) is 68.3 Å². The van der Waals surface area contributed by atoms with Gasteiger partial charge in [0.2, 0.25) is 0 Å². The van der Waals surface area contributed by atoms with Gasteiger partial charge in [-0.05, 0) is 57.2 Å². The smallest absolute Gasteiger partial charge is 0.250 e. The first kappa shape index (κ1) is 27.2. The average molecular weight is 569 g/mol. The van der Waals surface area contributed by atoms with Crippen molar-refractivity contribution in [1.82, 2.24) is 15.2 Å². The summed E-state index contributed by atoms with van der Waals surface area (Å²) in [6, 6.07) is 11.7. The molecule has 33 heavy (non-hydrogen) atoms. The Kier molecular flexibility index (Phi) is 11.7. The number of ether oxygens (including phenoxy) is 2. The third-order valence-electron chi connectivity index (χ3n) is 5.71. The van der Waals surface area contributed by atoms with Crippen LogP contribution in [0.25, 0.3) is 0 Å². The summed E-state index contributed by atoms with van der Waals surface area (Å²) in [4.78, 5) is 16.3. The van der Waals surface area contributed by atoms with Crippen molar-refractivity contribution >= 4 is 29.9 Å². The van der Waals surface area contributed by atoms with Crippen molar-refractivity contribution in [3.63, 3.8) is 0 Å². The van der Waals surface area contributed by atoms with Gasteiger partial charge < -0.3 is 24.7 Å². The van der Waals surface area contributed by atoms with Gasteiger partial charge in [-0.2, -0.15) is 0 Å². The Morgan fingerprint density at radius 2 is 2.06 bits per heavy atom. The van der Waals surface area contributed by atoms with Crippen molar-refractivity contribution in [3.05, 3.63) is 63.6 Å². The molecule has 0 saturated carbocycles. The lowest BCUT2D eigenvalue weighted by atomic mass is 10.1. The van der Waals surface area contributed by atoms with E-state index in [4.69, 9.17) is 9.47 Å². The van der Waals surface area contributed by atoms with Crippen molar-refractivity contribution in [2.24, 2.45) is 4.99 Å². The van der Waals surface area contributed by atoms with Crippen LogP contribution in [-0.2, 0) is 17.8 Å². The quantitative estimate of drug-likeness (QED) is 0.198. The molecule has 182 valence electrons. The first-order valence-electron chi connectivity index (χ1n) is 11.5. The lowest BCUT2D eigenvalue weighted by Crippen LogP contribution is -2.37. The summed E-state index contributed by atoms with van der Waals surface area (Å²) < 4.78 is 13.6. The van der Waals surface area contributed by atoms with Crippen LogP contribution >= 0.6 is 24.0 Å². The molecular formula is C25H37IN4O3. The van der Waals surface area contributed by atoms with E-state index in [1.807, 2.05) is 17.6 Å². The number of nitrogens with zero attached hydrogens (tertiary/aromatic N) is 2. The zero-order valence-corrected chi connectivity index (χ0v) is 22.3. The summed E-state index contributed by atoms with van der Waals surface area (Å²) in [5, 5.41) is 6.73. The lowest BCUT2D eigenvalue weighted by Gasteiger charge is -2.17. The van der Waals surface area contributed by atoms with Gasteiger partial charge in [-0.25, -0.2) is 0 Å². The van der Waals surface area contributed by atoms with Crippen LogP contribution in [0, 0.1) is 13.8 Å². The number of hydrogen-bond acceptors (Lipinski definition) is 4. The number of unbranched alkanes of at least 4 members (excludes halogenated alkanes) is 1. The van der Waals surface area contributed by atoms with E-state index < -0.39 is 0 Å². The van der Waals surface area contributed by atoms with Crippen molar-refractivity contribution in [2.45, 2.75) is 58.7 Å². The minimum Gasteiger partial charge on any atom is -0.491 e. The van der Waals surface area contributed by atoms with E-state index >= 15 is 0 Å². The highest BCUT2D eigenvalue weighted by molar-refractivity contribution is 14.0. The summed E-state index contributed by atoms with van der Waals surface area (Å²) in [6.07, 6.45) is 4.24. The SMILES string of the molecule is CN=C(NCCCCn1c(C)cccc1=O)NCc1ccc(C)cc1OCC1CCCO1.I. The van der Waals surface area contributed by atoms with Crippen molar-refractivity contribution in [2.75, 3.05) is 26.8 Å². The van der Waals surface area contributed by atoms with E-state index in [2.05, 4.69) is 40.7 Å². The van der Waals surface area contributed by atoms with Gasteiger partial charge in [-0.15, -0.1) is 24.0 Å². The van der Waals surface area contributed by atoms with Crippen LogP contribution in [0.3, 0.4) is 0 Å². The molecule has 3 rings (SSSR count). The van der Waals surface area contributed by atoms with Gasteiger partial charge in [-0.3, -0.25) is 9.79 Å². The third-order valence-corrected chi connectivity index (χ3v) is 5.71. The van der Waals surface area contributed by atoms with Crippen molar-refractivity contribution in [1.29, 1.82) is 0 Å². The first-order valence-corrected chi connectivity index (χ1v) is 11.5. The molecule has 1 aromatic heterocycles. The molecule has 1 aliphatic rings. The highest BCUT2D eigenvalue weighted by Gasteiger charge is 2.17. The molecule has 0 amide bonds. The Labute approximate surface area is 214 Å². The number of aryl methyl sites for hydroxylation is 2. The Hall–Kier alpha value is -2.07. The van der Waals surface area contributed by atoms with Crippen LogP contribution in [-0.4, -0.2) is 43.4 Å². The first-order chi connectivity index (χ1) is 15.6. The fraction of sp³-hybridized carbons (Fsp3) is 0.520.